The van der Waals surface area contributed by atoms with E-state index in [-0.39, 0.29) is 24.6 Å². The van der Waals surface area contributed by atoms with Crippen molar-refractivity contribution in [1.82, 2.24) is 0 Å². The number of aliphatic hydroxyl groups excluding tert-OH is 2. The van der Waals surface area contributed by atoms with Crippen molar-refractivity contribution in [3.8, 4) is 0 Å². The topological polar surface area (TPSA) is 161 Å². The molecule has 2 aromatic rings. The van der Waals surface area contributed by atoms with Crippen molar-refractivity contribution in [2.75, 3.05) is 24.6 Å². The maximum atomic E-state index is 12.9. The first-order valence-corrected chi connectivity index (χ1v) is 14.8. The molecule has 1 unspecified atom stereocenters. The van der Waals surface area contributed by atoms with Gasteiger partial charge in [0.25, 0.3) is 0 Å². The highest BCUT2D eigenvalue weighted by Crippen LogP contribution is 2.30. The van der Waals surface area contributed by atoms with Gasteiger partial charge in [0.1, 0.15) is 12.2 Å². The maximum absolute atomic E-state index is 12.9. The molecule has 6 N–H and O–H groups in total. The summed E-state index contributed by atoms with van der Waals surface area (Å²) in [6.45, 7) is 3.16. The highest BCUT2D eigenvalue weighted by Gasteiger charge is 2.32. The molecule has 2 rings (SSSR count). The molecule has 0 aliphatic rings. The van der Waals surface area contributed by atoms with Crippen LogP contribution in [0.5, 0.6) is 0 Å². The van der Waals surface area contributed by atoms with Gasteiger partial charge in [0.2, 0.25) is 23.1 Å². The standard InChI is InChI=1S/C28H36N2O6S2/c1-17-7-3-5-9-19(17)11-21(25(33)27(35)23(31)13-29)15-37-38-16-22(26(34)28(36)24(32)14-30)12-20-10-6-4-8-18(20)2/h3-10,21-24,31-32H,11-16,29-30H2,1-2H3/t21-,22-,23+,24?/m1/s1. The van der Waals surface area contributed by atoms with Crippen molar-refractivity contribution in [2.45, 2.75) is 38.9 Å². The molecule has 206 valence electrons. The summed E-state index contributed by atoms with van der Waals surface area (Å²) in [6.07, 6.45) is -2.46. The quantitative estimate of drug-likeness (QED) is 0.127. The molecule has 0 fully saturated rings. The predicted molar refractivity (Wildman–Crippen MR) is 152 cm³/mol. The van der Waals surface area contributed by atoms with Gasteiger partial charge in [-0.15, -0.1) is 0 Å². The summed E-state index contributed by atoms with van der Waals surface area (Å²) in [5.41, 5.74) is 14.6. The third-order valence-electron chi connectivity index (χ3n) is 6.36. The number of rotatable bonds is 17. The summed E-state index contributed by atoms with van der Waals surface area (Å²) in [5.74, 6) is -4.09. The highest BCUT2D eigenvalue weighted by atomic mass is 33.1. The summed E-state index contributed by atoms with van der Waals surface area (Å²) in [4.78, 5) is 50.7. The second-order valence-corrected chi connectivity index (χ2v) is 11.7. The minimum Gasteiger partial charge on any atom is -0.383 e. The van der Waals surface area contributed by atoms with E-state index in [1.165, 1.54) is 21.6 Å². The van der Waals surface area contributed by atoms with Crippen LogP contribution in [0.4, 0.5) is 0 Å². The van der Waals surface area contributed by atoms with E-state index in [1.807, 2.05) is 62.4 Å². The van der Waals surface area contributed by atoms with Gasteiger partial charge in [-0.2, -0.15) is 0 Å². The molecule has 0 aromatic heterocycles. The first-order valence-electron chi connectivity index (χ1n) is 12.4. The fraction of sp³-hybridized carbons (Fsp3) is 0.429. The van der Waals surface area contributed by atoms with Crippen molar-refractivity contribution in [3.63, 3.8) is 0 Å². The molecule has 0 aliphatic carbocycles. The normalized spacial score (nSPS) is 14.4. The van der Waals surface area contributed by atoms with Gasteiger partial charge in [-0.05, 0) is 48.9 Å². The van der Waals surface area contributed by atoms with Crippen LogP contribution in [0.3, 0.4) is 0 Å². The zero-order valence-electron chi connectivity index (χ0n) is 21.7. The summed E-state index contributed by atoms with van der Waals surface area (Å²) in [7, 11) is 2.64. The van der Waals surface area contributed by atoms with Crippen LogP contribution in [0, 0.1) is 25.7 Å². The lowest BCUT2D eigenvalue weighted by atomic mass is 9.91. The molecule has 0 saturated heterocycles. The van der Waals surface area contributed by atoms with E-state index in [0.717, 1.165) is 22.3 Å². The zero-order valence-corrected chi connectivity index (χ0v) is 23.3. The molecule has 0 aliphatic heterocycles. The second kappa shape index (κ2) is 15.9. The van der Waals surface area contributed by atoms with E-state index in [1.54, 1.807) is 0 Å². The Morgan fingerprint density at radius 3 is 1.32 bits per heavy atom. The van der Waals surface area contributed by atoms with Crippen LogP contribution >= 0.6 is 21.6 Å². The summed E-state index contributed by atoms with van der Waals surface area (Å²) in [5, 5.41) is 19.7. The SMILES string of the molecule is Cc1ccccc1C[C@H](CSSC[C@@H](Cc1ccccc1C)C(=O)C(=O)[C@@H](O)CN)C(=O)C(=O)C(O)CN. The molecule has 0 heterocycles. The van der Waals surface area contributed by atoms with Gasteiger partial charge in [-0.25, -0.2) is 0 Å². The van der Waals surface area contributed by atoms with Crippen LogP contribution in [-0.2, 0) is 32.0 Å². The van der Waals surface area contributed by atoms with Gasteiger partial charge in [0, 0.05) is 36.4 Å². The van der Waals surface area contributed by atoms with E-state index in [0.29, 0.717) is 12.8 Å². The average Bonchev–Trinajstić information content (AvgIpc) is 2.93. The zero-order chi connectivity index (χ0) is 28.2. The molecule has 0 radical (unpaired) electrons. The van der Waals surface area contributed by atoms with Crippen molar-refractivity contribution >= 4 is 44.7 Å². The molecule has 2 aromatic carbocycles. The molecule has 0 saturated carbocycles. The van der Waals surface area contributed by atoms with Gasteiger partial charge in [-0.3, -0.25) is 19.2 Å². The number of aliphatic hydroxyl groups is 2. The number of carbonyl (C=O) groups is 4. The lowest BCUT2D eigenvalue weighted by Gasteiger charge is -2.19. The van der Waals surface area contributed by atoms with Crippen molar-refractivity contribution in [3.05, 3.63) is 70.8 Å². The number of carbonyl (C=O) groups excluding carboxylic acids is 4. The molecule has 4 atom stereocenters. The van der Waals surface area contributed by atoms with Gasteiger partial charge < -0.3 is 21.7 Å². The number of ketones is 4. The Balaban J connectivity index is 2.15. The Bertz CT molecular complexity index is 1040. The van der Waals surface area contributed by atoms with E-state index >= 15 is 0 Å². The maximum Gasteiger partial charge on any atom is 0.228 e. The van der Waals surface area contributed by atoms with Crippen LogP contribution in [0.15, 0.2) is 48.5 Å². The first kappa shape index (κ1) is 31.9. The smallest absolute Gasteiger partial charge is 0.228 e. The van der Waals surface area contributed by atoms with Crippen LogP contribution in [0.25, 0.3) is 0 Å². The fourth-order valence-corrected chi connectivity index (χ4v) is 6.49. The Morgan fingerprint density at radius 1 is 0.658 bits per heavy atom. The summed E-state index contributed by atoms with van der Waals surface area (Å²) in [6, 6.07) is 15.1. The molecule has 10 heteroatoms. The van der Waals surface area contributed by atoms with E-state index < -0.39 is 47.2 Å². The molecular formula is C28H36N2O6S2. The number of Topliss-reactive ketones (excluding diaryl/α,β-unsaturated/α-hetero) is 4. The second-order valence-electron chi connectivity index (χ2n) is 9.18. The Kier molecular flexibility index (Phi) is 13.4. The molecule has 8 nitrogen and oxygen atoms in total. The summed E-state index contributed by atoms with van der Waals surface area (Å²) < 4.78 is 0. The molecule has 0 bridgehead atoms. The van der Waals surface area contributed by atoms with Gasteiger partial charge >= 0.3 is 0 Å². The Labute approximate surface area is 231 Å². The van der Waals surface area contributed by atoms with Crippen molar-refractivity contribution < 1.29 is 29.4 Å². The van der Waals surface area contributed by atoms with Crippen LogP contribution < -0.4 is 11.5 Å². The lowest BCUT2D eigenvalue weighted by molar-refractivity contribution is -0.143. The molecule has 38 heavy (non-hydrogen) atoms. The Morgan fingerprint density at radius 2 is 1.00 bits per heavy atom. The fourth-order valence-electron chi connectivity index (χ4n) is 3.87. The molecule has 0 spiro atoms. The summed E-state index contributed by atoms with van der Waals surface area (Å²) >= 11 is 0. The number of benzene rings is 2. The minimum atomic E-state index is -1.55. The third kappa shape index (κ3) is 9.14. The van der Waals surface area contributed by atoms with E-state index in [4.69, 9.17) is 11.5 Å². The predicted octanol–water partition coefficient (Wildman–Crippen LogP) is 1.62. The number of hydrogen-bond acceptors (Lipinski definition) is 10. The number of hydrogen-bond donors (Lipinski definition) is 4. The van der Waals surface area contributed by atoms with E-state index in [9.17, 15) is 29.4 Å². The largest absolute Gasteiger partial charge is 0.383 e. The molecule has 0 amide bonds. The van der Waals surface area contributed by atoms with Crippen molar-refractivity contribution in [1.29, 1.82) is 0 Å². The Hall–Kier alpha value is -2.34. The monoisotopic (exact) mass is 560 g/mol. The van der Waals surface area contributed by atoms with Crippen LogP contribution in [-0.4, -0.2) is 70.1 Å². The number of nitrogens with two attached hydrogens (primary N) is 2. The van der Waals surface area contributed by atoms with Crippen LogP contribution in [0.1, 0.15) is 22.3 Å². The van der Waals surface area contributed by atoms with E-state index in [2.05, 4.69) is 0 Å². The minimum absolute atomic E-state index is 0.255. The van der Waals surface area contributed by atoms with Gasteiger partial charge in [-0.1, -0.05) is 70.1 Å². The third-order valence-corrected chi connectivity index (χ3v) is 8.92. The van der Waals surface area contributed by atoms with Gasteiger partial charge in [0.15, 0.2) is 0 Å². The lowest BCUT2D eigenvalue weighted by Crippen LogP contribution is -2.39. The highest BCUT2D eigenvalue weighted by molar-refractivity contribution is 8.76. The average molecular weight is 561 g/mol. The van der Waals surface area contributed by atoms with Crippen molar-refractivity contribution in [2.24, 2.45) is 23.3 Å². The first-order chi connectivity index (χ1) is 18.1. The van der Waals surface area contributed by atoms with Crippen LogP contribution in [0.2, 0.25) is 0 Å². The van der Waals surface area contributed by atoms with Gasteiger partial charge in [0.05, 0.1) is 0 Å². The molecular weight excluding hydrogens is 524 g/mol. The number of aryl methyl sites for hydroxylation is 2.